The van der Waals surface area contributed by atoms with Gasteiger partial charge in [-0.2, -0.15) is 0 Å². The molecule has 0 saturated carbocycles. The molecule has 0 aromatic rings. The van der Waals surface area contributed by atoms with Gasteiger partial charge in [-0.05, 0) is 5.18 Å². The zero-order chi connectivity index (χ0) is 6.91. The molecule has 0 amide bonds. The Labute approximate surface area is 50.1 Å². The quantitative estimate of drug-likeness (QED) is 0.405. The Morgan fingerprint density at radius 1 is 1.67 bits per heavy atom. The van der Waals surface area contributed by atoms with E-state index in [2.05, 4.69) is 19.8 Å². The standard InChI is InChI=1S/C3H4N2O4/c1-8-3(5-7)2(4-6)9-3/h2H,1H3. The molecule has 1 aliphatic heterocycles. The first kappa shape index (κ1) is 6.24. The van der Waals surface area contributed by atoms with E-state index >= 15 is 0 Å². The molecule has 6 heteroatoms. The van der Waals surface area contributed by atoms with Gasteiger partial charge in [0.05, 0.1) is 0 Å². The lowest BCUT2D eigenvalue weighted by Crippen LogP contribution is -2.11. The molecular weight excluding hydrogens is 128 g/mol. The van der Waals surface area contributed by atoms with Gasteiger partial charge in [0.15, 0.2) is 0 Å². The van der Waals surface area contributed by atoms with Gasteiger partial charge in [-0.1, -0.05) is 0 Å². The molecule has 2 unspecified atom stereocenters. The Hall–Kier alpha value is -0.880. The van der Waals surface area contributed by atoms with E-state index < -0.39 is 12.1 Å². The molecular formula is C3H4N2O4. The largest absolute Gasteiger partial charge is 0.361 e. The number of ether oxygens (including phenoxy) is 2. The predicted molar refractivity (Wildman–Crippen MR) is 26.2 cm³/mol. The van der Waals surface area contributed by atoms with Crippen molar-refractivity contribution in [2.45, 2.75) is 12.1 Å². The molecule has 0 aromatic carbocycles. The second-order valence-corrected chi connectivity index (χ2v) is 1.50. The Bertz CT molecular complexity index is 149. The summed E-state index contributed by atoms with van der Waals surface area (Å²) in [4.78, 5) is 19.4. The van der Waals surface area contributed by atoms with E-state index in [1.165, 1.54) is 7.11 Å². The van der Waals surface area contributed by atoms with E-state index in [0.717, 1.165) is 0 Å². The van der Waals surface area contributed by atoms with Crippen LogP contribution in [0.2, 0.25) is 0 Å². The third-order valence-electron chi connectivity index (χ3n) is 1.05. The van der Waals surface area contributed by atoms with Crippen molar-refractivity contribution >= 4 is 0 Å². The molecule has 2 atom stereocenters. The highest BCUT2D eigenvalue weighted by atomic mass is 16.8. The van der Waals surface area contributed by atoms with Crippen molar-refractivity contribution in [1.29, 1.82) is 0 Å². The number of epoxide rings is 1. The van der Waals surface area contributed by atoms with Crippen molar-refractivity contribution in [3.05, 3.63) is 9.81 Å². The average Bonchev–Trinajstić information content (AvgIpc) is 2.63. The second kappa shape index (κ2) is 1.82. The van der Waals surface area contributed by atoms with Gasteiger partial charge in [0.1, 0.15) is 0 Å². The molecule has 0 spiro atoms. The maximum atomic E-state index is 9.79. The highest BCUT2D eigenvalue weighted by Gasteiger charge is 2.63. The van der Waals surface area contributed by atoms with Crippen LogP contribution in [-0.4, -0.2) is 19.2 Å². The van der Waals surface area contributed by atoms with Crippen molar-refractivity contribution in [3.63, 3.8) is 0 Å². The van der Waals surface area contributed by atoms with Gasteiger partial charge >= 0.3 is 5.91 Å². The summed E-state index contributed by atoms with van der Waals surface area (Å²) in [7, 11) is 1.21. The molecule has 0 bridgehead atoms. The van der Waals surface area contributed by atoms with Gasteiger partial charge in [0, 0.05) is 12.3 Å². The summed E-state index contributed by atoms with van der Waals surface area (Å²) in [5.41, 5.74) is 0. The van der Waals surface area contributed by atoms with Gasteiger partial charge in [-0.3, -0.25) is 4.74 Å². The van der Waals surface area contributed by atoms with Gasteiger partial charge < -0.3 is 4.74 Å². The third-order valence-corrected chi connectivity index (χ3v) is 1.05. The molecule has 50 valence electrons. The first-order chi connectivity index (χ1) is 4.29. The minimum atomic E-state index is -1.61. The van der Waals surface area contributed by atoms with E-state index in [0.29, 0.717) is 0 Å². The van der Waals surface area contributed by atoms with Crippen LogP contribution in [0.25, 0.3) is 0 Å². The third kappa shape index (κ3) is 0.718. The maximum Gasteiger partial charge on any atom is 0.361 e. The molecule has 0 aromatic heterocycles. The summed E-state index contributed by atoms with van der Waals surface area (Å²) in [5.74, 6) is -1.61. The van der Waals surface area contributed by atoms with Crippen molar-refractivity contribution in [2.24, 2.45) is 10.4 Å². The molecule has 1 rings (SSSR count). The van der Waals surface area contributed by atoms with Crippen LogP contribution in [0.5, 0.6) is 0 Å². The molecule has 1 heterocycles. The SMILES string of the molecule is COC1(N=O)OC1N=O. The van der Waals surface area contributed by atoms with Crippen LogP contribution in [0, 0.1) is 9.81 Å². The first-order valence-corrected chi connectivity index (χ1v) is 2.19. The van der Waals surface area contributed by atoms with Gasteiger partial charge in [-0.15, -0.1) is 9.81 Å². The van der Waals surface area contributed by atoms with Crippen LogP contribution in [0.3, 0.4) is 0 Å². The topological polar surface area (TPSA) is 80.6 Å². The summed E-state index contributed by atoms with van der Waals surface area (Å²) < 4.78 is 8.78. The second-order valence-electron chi connectivity index (χ2n) is 1.50. The summed E-state index contributed by atoms with van der Waals surface area (Å²) in [6, 6.07) is 0. The van der Waals surface area contributed by atoms with Crippen molar-refractivity contribution in [3.8, 4) is 0 Å². The summed E-state index contributed by atoms with van der Waals surface area (Å²) in [6.45, 7) is 0. The normalized spacial score (nSPS) is 39.9. The average molecular weight is 132 g/mol. The van der Waals surface area contributed by atoms with Gasteiger partial charge in [0.2, 0.25) is 0 Å². The van der Waals surface area contributed by atoms with Crippen molar-refractivity contribution in [2.75, 3.05) is 7.11 Å². The fourth-order valence-corrected chi connectivity index (χ4v) is 0.467. The molecule has 0 N–H and O–H groups in total. The van der Waals surface area contributed by atoms with E-state index in [1.54, 1.807) is 0 Å². The number of hydrogen-bond donors (Lipinski definition) is 0. The first-order valence-electron chi connectivity index (χ1n) is 2.19. The lowest BCUT2D eigenvalue weighted by atomic mass is 10.6. The molecule has 1 saturated heterocycles. The smallest absolute Gasteiger partial charge is 0.329 e. The minimum absolute atomic E-state index is 1.06. The molecule has 1 aliphatic rings. The number of methoxy groups -OCH3 is 1. The molecule has 6 nitrogen and oxygen atoms in total. The molecule has 0 aliphatic carbocycles. The summed E-state index contributed by atoms with van der Waals surface area (Å²) in [6.07, 6.45) is -1.06. The monoisotopic (exact) mass is 132 g/mol. The zero-order valence-corrected chi connectivity index (χ0v) is 4.60. The zero-order valence-electron chi connectivity index (χ0n) is 4.60. The highest BCUT2D eigenvalue weighted by molar-refractivity contribution is 4.89. The van der Waals surface area contributed by atoms with Crippen LogP contribution in [0.4, 0.5) is 0 Å². The lowest BCUT2D eigenvalue weighted by molar-refractivity contribution is -0.00372. The Kier molecular flexibility index (Phi) is 1.26. The number of hydrogen-bond acceptors (Lipinski definition) is 6. The van der Waals surface area contributed by atoms with Crippen LogP contribution in [-0.2, 0) is 9.47 Å². The number of rotatable bonds is 3. The number of nitrogens with zero attached hydrogens (tertiary/aromatic N) is 2. The summed E-state index contributed by atoms with van der Waals surface area (Å²) in [5, 5.41) is 4.82. The van der Waals surface area contributed by atoms with Crippen LogP contribution in [0.1, 0.15) is 0 Å². The van der Waals surface area contributed by atoms with Crippen LogP contribution >= 0.6 is 0 Å². The molecule has 0 radical (unpaired) electrons. The van der Waals surface area contributed by atoms with E-state index in [9.17, 15) is 9.81 Å². The fraction of sp³-hybridized carbons (Fsp3) is 1.00. The minimum Gasteiger partial charge on any atom is -0.329 e. The molecule has 1 fully saturated rings. The predicted octanol–water partition coefficient (Wildman–Crippen LogP) is 0.176. The van der Waals surface area contributed by atoms with E-state index in [1.807, 2.05) is 0 Å². The Morgan fingerprint density at radius 3 is 2.44 bits per heavy atom. The summed E-state index contributed by atoms with van der Waals surface area (Å²) >= 11 is 0. The van der Waals surface area contributed by atoms with Crippen LogP contribution < -0.4 is 0 Å². The molecule has 9 heavy (non-hydrogen) atoms. The van der Waals surface area contributed by atoms with Gasteiger partial charge in [0.25, 0.3) is 6.23 Å². The van der Waals surface area contributed by atoms with E-state index in [4.69, 9.17) is 0 Å². The fourth-order valence-electron chi connectivity index (χ4n) is 0.467. The van der Waals surface area contributed by atoms with Gasteiger partial charge in [-0.25, -0.2) is 0 Å². The van der Waals surface area contributed by atoms with E-state index in [-0.39, 0.29) is 0 Å². The van der Waals surface area contributed by atoms with Crippen molar-refractivity contribution in [1.82, 2.24) is 0 Å². The maximum absolute atomic E-state index is 9.79. The Balaban J connectivity index is 2.56. The van der Waals surface area contributed by atoms with Crippen LogP contribution in [0.15, 0.2) is 10.4 Å². The number of nitroso groups, excluding NO2 is 2. The van der Waals surface area contributed by atoms with Crippen molar-refractivity contribution < 1.29 is 9.47 Å². The highest BCUT2D eigenvalue weighted by Crippen LogP contribution is 2.38. The lowest BCUT2D eigenvalue weighted by Gasteiger charge is -1.93. The Morgan fingerprint density at radius 2 is 2.33 bits per heavy atom.